The van der Waals surface area contributed by atoms with Gasteiger partial charge in [0.1, 0.15) is 11.1 Å². The lowest BCUT2D eigenvalue weighted by molar-refractivity contribution is -0.137. The number of benzene rings is 2. The molecule has 0 unspecified atom stereocenters. The molecule has 9 heteroatoms. The average Bonchev–Trinajstić information content (AvgIpc) is 3.33. The van der Waals surface area contributed by atoms with Gasteiger partial charge < -0.3 is 9.84 Å². The fourth-order valence-electron chi connectivity index (χ4n) is 4.05. The molecule has 0 spiro atoms. The second-order valence-electron chi connectivity index (χ2n) is 8.27. The Morgan fingerprint density at radius 1 is 1.15 bits per heavy atom. The summed E-state index contributed by atoms with van der Waals surface area (Å²) in [6.07, 6.45) is -5.87. The Morgan fingerprint density at radius 2 is 1.91 bits per heavy atom. The third kappa shape index (κ3) is 4.74. The van der Waals surface area contributed by atoms with E-state index in [2.05, 4.69) is 4.98 Å². The van der Waals surface area contributed by atoms with Gasteiger partial charge in [-0.25, -0.2) is 9.78 Å². The normalized spacial score (nSPS) is 18.6. The van der Waals surface area contributed by atoms with Gasteiger partial charge in [-0.15, -0.1) is 11.3 Å². The Hall–Kier alpha value is -2.91. The van der Waals surface area contributed by atoms with Crippen LogP contribution in [-0.2, 0) is 24.1 Å². The monoisotopic (exact) mass is 476 g/mol. The number of halogens is 3. The van der Waals surface area contributed by atoms with Crippen molar-refractivity contribution in [1.29, 1.82) is 0 Å². The van der Waals surface area contributed by atoms with Crippen molar-refractivity contribution in [2.75, 3.05) is 0 Å². The van der Waals surface area contributed by atoms with E-state index in [0.29, 0.717) is 16.8 Å². The number of nitrogens with zero attached hydrogens (tertiary/aromatic N) is 2. The zero-order chi connectivity index (χ0) is 23.9. The van der Waals surface area contributed by atoms with E-state index < -0.39 is 30.0 Å². The van der Waals surface area contributed by atoms with Crippen LogP contribution in [-0.4, -0.2) is 27.1 Å². The third-order valence-electron chi connectivity index (χ3n) is 5.69. The maximum atomic E-state index is 13.3. The van der Waals surface area contributed by atoms with E-state index in [-0.39, 0.29) is 13.2 Å². The molecule has 1 aliphatic rings. The molecule has 4 rings (SSSR count). The van der Waals surface area contributed by atoms with Crippen molar-refractivity contribution in [2.45, 2.75) is 52.2 Å². The fourth-order valence-corrected chi connectivity index (χ4v) is 4.92. The van der Waals surface area contributed by atoms with Crippen molar-refractivity contribution in [1.82, 2.24) is 9.88 Å². The number of carbonyl (C=O) groups is 1. The van der Waals surface area contributed by atoms with E-state index in [0.717, 1.165) is 33.8 Å². The highest BCUT2D eigenvalue weighted by atomic mass is 32.1. The Balaban J connectivity index is 1.64. The van der Waals surface area contributed by atoms with Crippen LogP contribution >= 0.6 is 11.3 Å². The number of aliphatic hydroxyl groups is 1. The highest BCUT2D eigenvalue weighted by molar-refractivity contribution is 7.13. The first-order chi connectivity index (χ1) is 15.6. The first-order valence-corrected chi connectivity index (χ1v) is 11.3. The Kier molecular flexibility index (Phi) is 6.20. The van der Waals surface area contributed by atoms with E-state index in [1.165, 1.54) is 16.2 Å². The minimum Gasteiger partial charge on any atom is -0.439 e. The summed E-state index contributed by atoms with van der Waals surface area (Å²) in [6, 6.07) is 9.10. The van der Waals surface area contributed by atoms with Crippen LogP contribution in [0.1, 0.15) is 46.5 Å². The first kappa shape index (κ1) is 23.3. The van der Waals surface area contributed by atoms with Gasteiger partial charge in [0, 0.05) is 10.9 Å². The molecule has 1 N–H and O–H groups in total. The zero-order valence-electron chi connectivity index (χ0n) is 18.3. The molecule has 0 bridgehead atoms. The smallest absolute Gasteiger partial charge is 0.416 e. The van der Waals surface area contributed by atoms with Crippen molar-refractivity contribution in [3.8, 4) is 10.6 Å². The Labute approximate surface area is 193 Å². The maximum absolute atomic E-state index is 13.3. The number of hydrogen-bond donors (Lipinski definition) is 1. The van der Waals surface area contributed by atoms with Gasteiger partial charge in [0.2, 0.25) is 0 Å². The van der Waals surface area contributed by atoms with Gasteiger partial charge in [-0.3, -0.25) is 4.90 Å². The topological polar surface area (TPSA) is 62.7 Å². The number of hydrogen-bond acceptors (Lipinski definition) is 5. The predicted molar refractivity (Wildman–Crippen MR) is 119 cm³/mol. The standard InChI is InChI=1S/C24H23F3N2O3S/c1-13-4-5-20(22-28-19(11-30)12-33-22)17(6-13)10-29-15(3)21(32-23(29)31)16-7-14(2)8-18(9-16)24(25,26)27/h4-9,12,15,21,30H,10-11H2,1-3H3/t15-,21-/m0/s1. The molecule has 0 aliphatic carbocycles. The summed E-state index contributed by atoms with van der Waals surface area (Å²) in [4.78, 5) is 18.7. The number of thiazole rings is 1. The summed E-state index contributed by atoms with van der Waals surface area (Å²) < 4.78 is 45.5. The van der Waals surface area contributed by atoms with E-state index in [4.69, 9.17) is 4.74 Å². The number of rotatable bonds is 5. The number of aliphatic hydroxyl groups excluding tert-OH is 1. The van der Waals surface area contributed by atoms with Gasteiger partial charge in [-0.05, 0) is 44.0 Å². The molecule has 1 amide bonds. The highest BCUT2D eigenvalue weighted by Gasteiger charge is 2.41. The molecular formula is C24H23F3N2O3S. The molecule has 1 aliphatic heterocycles. The lowest BCUT2D eigenvalue weighted by Gasteiger charge is -2.23. The van der Waals surface area contributed by atoms with Crippen molar-refractivity contribution in [3.63, 3.8) is 0 Å². The number of ether oxygens (including phenoxy) is 1. The van der Waals surface area contributed by atoms with E-state index in [9.17, 15) is 23.1 Å². The van der Waals surface area contributed by atoms with Crippen LogP contribution in [0.15, 0.2) is 41.8 Å². The van der Waals surface area contributed by atoms with Crippen LogP contribution in [0.4, 0.5) is 18.0 Å². The molecule has 0 saturated carbocycles. The SMILES string of the molecule is Cc1cc([C@H]2OC(=O)N(Cc3cc(C)ccc3-c3nc(CO)cs3)[C@H]2C)cc(C(F)(F)F)c1. The van der Waals surface area contributed by atoms with Gasteiger partial charge >= 0.3 is 12.3 Å². The number of amides is 1. The second kappa shape index (κ2) is 8.79. The summed E-state index contributed by atoms with van der Waals surface area (Å²) in [5, 5.41) is 11.8. The largest absolute Gasteiger partial charge is 0.439 e. The number of cyclic esters (lactones) is 1. The van der Waals surface area contributed by atoms with Crippen molar-refractivity contribution in [2.24, 2.45) is 0 Å². The van der Waals surface area contributed by atoms with Crippen LogP contribution in [0.3, 0.4) is 0 Å². The van der Waals surface area contributed by atoms with Crippen LogP contribution in [0, 0.1) is 13.8 Å². The van der Waals surface area contributed by atoms with Crippen molar-refractivity contribution in [3.05, 3.63) is 75.3 Å². The molecule has 2 atom stereocenters. The molecule has 0 radical (unpaired) electrons. The molecule has 5 nitrogen and oxygen atoms in total. The van der Waals surface area contributed by atoms with Gasteiger partial charge in [0.25, 0.3) is 0 Å². The summed E-state index contributed by atoms with van der Waals surface area (Å²) in [6.45, 7) is 5.36. The van der Waals surface area contributed by atoms with Gasteiger partial charge in [-0.1, -0.05) is 35.4 Å². The van der Waals surface area contributed by atoms with E-state index in [1.807, 2.05) is 25.1 Å². The Morgan fingerprint density at radius 3 is 2.58 bits per heavy atom. The van der Waals surface area contributed by atoms with Crippen molar-refractivity contribution < 1.29 is 27.8 Å². The van der Waals surface area contributed by atoms with E-state index in [1.54, 1.807) is 25.3 Å². The van der Waals surface area contributed by atoms with Crippen LogP contribution in [0.25, 0.3) is 10.6 Å². The highest BCUT2D eigenvalue weighted by Crippen LogP contribution is 2.38. The first-order valence-electron chi connectivity index (χ1n) is 10.4. The summed E-state index contributed by atoms with van der Waals surface area (Å²) in [7, 11) is 0. The summed E-state index contributed by atoms with van der Waals surface area (Å²) in [5.74, 6) is 0. The quantitative estimate of drug-likeness (QED) is 0.489. The zero-order valence-corrected chi connectivity index (χ0v) is 19.1. The van der Waals surface area contributed by atoms with Crippen LogP contribution in [0.5, 0.6) is 0 Å². The molecule has 1 fully saturated rings. The minimum absolute atomic E-state index is 0.161. The third-order valence-corrected chi connectivity index (χ3v) is 6.62. The number of aryl methyl sites for hydroxylation is 2. The number of alkyl halides is 3. The molecule has 1 saturated heterocycles. The van der Waals surface area contributed by atoms with Gasteiger partial charge in [0.15, 0.2) is 0 Å². The van der Waals surface area contributed by atoms with Crippen molar-refractivity contribution >= 4 is 17.4 Å². The molecule has 3 aromatic rings. The molecule has 1 aromatic heterocycles. The van der Waals surface area contributed by atoms with Gasteiger partial charge in [0.05, 0.1) is 30.5 Å². The average molecular weight is 477 g/mol. The molecular weight excluding hydrogens is 453 g/mol. The lowest BCUT2D eigenvalue weighted by atomic mass is 9.97. The Bertz CT molecular complexity index is 1190. The molecule has 2 aromatic carbocycles. The predicted octanol–water partition coefficient (Wildman–Crippen LogP) is 6.02. The fraction of sp³-hybridized carbons (Fsp3) is 0.333. The molecule has 2 heterocycles. The van der Waals surface area contributed by atoms with E-state index >= 15 is 0 Å². The molecule has 174 valence electrons. The van der Waals surface area contributed by atoms with Crippen LogP contribution in [0.2, 0.25) is 0 Å². The number of carbonyl (C=O) groups excluding carboxylic acids is 1. The minimum atomic E-state index is -4.48. The maximum Gasteiger partial charge on any atom is 0.416 e. The van der Waals surface area contributed by atoms with Gasteiger partial charge in [-0.2, -0.15) is 13.2 Å². The summed E-state index contributed by atoms with van der Waals surface area (Å²) >= 11 is 1.40. The molecule has 33 heavy (non-hydrogen) atoms. The lowest BCUT2D eigenvalue weighted by Crippen LogP contribution is -2.31. The number of aromatic nitrogens is 1. The summed E-state index contributed by atoms with van der Waals surface area (Å²) in [5.41, 5.74) is 3.26. The van der Waals surface area contributed by atoms with Crippen LogP contribution < -0.4 is 0 Å². The second-order valence-corrected chi connectivity index (χ2v) is 9.12.